The minimum absolute atomic E-state index is 0.406. The van der Waals surface area contributed by atoms with E-state index in [0.29, 0.717) is 30.5 Å². The maximum atomic E-state index is 13.3. The second-order valence-electron chi connectivity index (χ2n) is 4.47. The van der Waals surface area contributed by atoms with Crippen LogP contribution >= 0.6 is 0 Å². The number of hydrogen-bond acceptors (Lipinski definition) is 1. The number of benzene rings is 1. The predicted octanol–water partition coefficient (Wildman–Crippen LogP) is 3.14. The smallest absolute Gasteiger partial charge is 0.129 e. The Labute approximate surface area is 95.9 Å². The van der Waals surface area contributed by atoms with Gasteiger partial charge in [-0.25, -0.2) is 8.78 Å². The van der Waals surface area contributed by atoms with E-state index >= 15 is 0 Å². The summed E-state index contributed by atoms with van der Waals surface area (Å²) in [5.74, 6) is -0.429. The lowest BCUT2D eigenvalue weighted by Crippen LogP contribution is -2.32. The van der Waals surface area contributed by atoms with Crippen molar-refractivity contribution in [3.63, 3.8) is 0 Å². The molecule has 0 amide bonds. The third kappa shape index (κ3) is 3.89. The van der Waals surface area contributed by atoms with E-state index in [-0.39, 0.29) is 0 Å². The summed E-state index contributed by atoms with van der Waals surface area (Å²) < 4.78 is 25.9. The van der Waals surface area contributed by atoms with Crippen LogP contribution in [0.3, 0.4) is 0 Å². The Kier molecular flexibility index (Phi) is 4.87. The number of halogens is 2. The van der Waals surface area contributed by atoms with Crippen LogP contribution in [0, 0.1) is 17.6 Å². The Bertz CT molecular complexity index is 337. The molecule has 0 aliphatic rings. The van der Waals surface area contributed by atoms with E-state index in [9.17, 15) is 8.78 Å². The number of rotatable bonds is 5. The first kappa shape index (κ1) is 13.1. The first-order valence-corrected chi connectivity index (χ1v) is 5.68. The number of hydrogen-bond donors (Lipinski definition) is 1. The molecule has 0 spiro atoms. The molecule has 0 saturated heterocycles. The van der Waals surface area contributed by atoms with Gasteiger partial charge < -0.3 is 5.32 Å². The minimum atomic E-state index is -0.523. The molecule has 0 saturated carbocycles. The van der Waals surface area contributed by atoms with Gasteiger partial charge >= 0.3 is 0 Å². The summed E-state index contributed by atoms with van der Waals surface area (Å²) in [4.78, 5) is 0. The van der Waals surface area contributed by atoms with E-state index < -0.39 is 11.6 Å². The molecule has 90 valence electrons. The van der Waals surface area contributed by atoms with Crippen LogP contribution in [0.25, 0.3) is 0 Å². The quantitative estimate of drug-likeness (QED) is 0.814. The lowest BCUT2D eigenvalue weighted by Gasteiger charge is -2.17. The highest BCUT2D eigenvalue weighted by molar-refractivity contribution is 5.18. The molecule has 1 nitrogen and oxygen atoms in total. The SMILES string of the molecule is CC(C)C(C)NCCc1ccc(F)cc1F. The molecule has 1 aromatic carbocycles. The van der Waals surface area contributed by atoms with E-state index in [1.165, 1.54) is 12.1 Å². The van der Waals surface area contributed by atoms with Crippen molar-refractivity contribution in [2.24, 2.45) is 5.92 Å². The molecule has 16 heavy (non-hydrogen) atoms. The van der Waals surface area contributed by atoms with Crippen LogP contribution in [0.15, 0.2) is 18.2 Å². The van der Waals surface area contributed by atoms with Gasteiger partial charge in [0, 0.05) is 12.1 Å². The molecule has 1 unspecified atom stereocenters. The maximum absolute atomic E-state index is 13.3. The molecular weight excluding hydrogens is 208 g/mol. The zero-order valence-electron chi connectivity index (χ0n) is 10.1. The molecule has 3 heteroatoms. The third-order valence-electron chi connectivity index (χ3n) is 2.88. The maximum Gasteiger partial charge on any atom is 0.129 e. The van der Waals surface area contributed by atoms with E-state index in [0.717, 1.165) is 6.07 Å². The highest BCUT2D eigenvalue weighted by atomic mass is 19.1. The summed E-state index contributed by atoms with van der Waals surface area (Å²) in [6, 6.07) is 4.14. The van der Waals surface area contributed by atoms with Crippen molar-refractivity contribution in [2.75, 3.05) is 6.54 Å². The van der Waals surface area contributed by atoms with Gasteiger partial charge in [0.1, 0.15) is 11.6 Å². The van der Waals surface area contributed by atoms with Gasteiger partial charge in [0.2, 0.25) is 0 Å². The molecule has 1 rings (SSSR count). The summed E-state index contributed by atoms with van der Waals surface area (Å²) in [7, 11) is 0. The van der Waals surface area contributed by atoms with Crippen molar-refractivity contribution in [3.8, 4) is 0 Å². The second-order valence-corrected chi connectivity index (χ2v) is 4.47. The zero-order valence-corrected chi connectivity index (χ0v) is 10.1. The summed E-state index contributed by atoms with van der Waals surface area (Å²) in [5, 5.41) is 3.31. The highest BCUT2D eigenvalue weighted by Gasteiger charge is 2.07. The topological polar surface area (TPSA) is 12.0 Å². The molecule has 1 N–H and O–H groups in total. The summed E-state index contributed by atoms with van der Waals surface area (Å²) in [6.07, 6.45) is 0.586. The highest BCUT2D eigenvalue weighted by Crippen LogP contribution is 2.10. The molecule has 0 aliphatic heterocycles. The van der Waals surface area contributed by atoms with Crippen molar-refractivity contribution < 1.29 is 8.78 Å². The largest absolute Gasteiger partial charge is 0.314 e. The fraction of sp³-hybridized carbons (Fsp3) is 0.538. The van der Waals surface area contributed by atoms with E-state index in [1.807, 2.05) is 0 Å². The molecule has 0 fully saturated rings. The molecule has 0 radical (unpaired) electrons. The van der Waals surface area contributed by atoms with E-state index in [1.54, 1.807) is 0 Å². The molecule has 0 bridgehead atoms. The summed E-state index contributed by atoms with van der Waals surface area (Å²) in [5.41, 5.74) is 0.560. The summed E-state index contributed by atoms with van der Waals surface area (Å²) in [6.45, 7) is 7.08. The minimum Gasteiger partial charge on any atom is -0.314 e. The van der Waals surface area contributed by atoms with Crippen molar-refractivity contribution >= 4 is 0 Å². The molecule has 1 aromatic rings. The lowest BCUT2D eigenvalue weighted by molar-refractivity contribution is 0.428. The molecule has 0 aromatic heterocycles. The standard InChI is InChI=1S/C13H19F2N/c1-9(2)10(3)16-7-6-11-4-5-12(14)8-13(11)15/h4-5,8-10,16H,6-7H2,1-3H3. The van der Waals surface area contributed by atoms with Crippen molar-refractivity contribution in [2.45, 2.75) is 33.2 Å². The Balaban J connectivity index is 2.43. The Morgan fingerprint density at radius 1 is 1.19 bits per heavy atom. The first-order chi connectivity index (χ1) is 7.50. The first-order valence-electron chi connectivity index (χ1n) is 5.68. The molecular formula is C13H19F2N. The second kappa shape index (κ2) is 5.94. The van der Waals surface area contributed by atoms with Gasteiger partial charge in [-0.15, -0.1) is 0 Å². The van der Waals surface area contributed by atoms with Gasteiger partial charge in [-0.05, 0) is 37.4 Å². The zero-order chi connectivity index (χ0) is 12.1. The van der Waals surface area contributed by atoms with Gasteiger partial charge in [0.05, 0.1) is 0 Å². The summed E-state index contributed by atoms with van der Waals surface area (Å²) >= 11 is 0. The Morgan fingerprint density at radius 2 is 1.88 bits per heavy atom. The Hall–Kier alpha value is -0.960. The van der Waals surface area contributed by atoms with Crippen LogP contribution in [-0.2, 0) is 6.42 Å². The fourth-order valence-corrected chi connectivity index (χ4v) is 1.39. The van der Waals surface area contributed by atoms with Crippen LogP contribution in [0.2, 0.25) is 0 Å². The lowest BCUT2D eigenvalue weighted by atomic mass is 10.1. The average molecular weight is 227 g/mol. The van der Waals surface area contributed by atoms with Gasteiger partial charge in [-0.3, -0.25) is 0 Å². The van der Waals surface area contributed by atoms with Crippen molar-refractivity contribution in [1.29, 1.82) is 0 Å². The number of nitrogens with one attached hydrogen (secondary N) is 1. The monoisotopic (exact) mass is 227 g/mol. The van der Waals surface area contributed by atoms with Crippen molar-refractivity contribution in [1.82, 2.24) is 5.32 Å². The predicted molar refractivity (Wildman–Crippen MR) is 62.4 cm³/mol. The van der Waals surface area contributed by atoms with E-state index in [4.69, 9.17) is 0 Å². The molecule has 1 atom stereocenters. The van der Waals surface area contributed by atoms with Crippen LogP contribution < -0.4 is 5.32 Å². The van der Waals surface area contributed by atoms with Crippen LogP contribution in [0.4, 0.5) is 8.78 Å². The fourth-order valence-electron chi connectivity index (χ4n) is 1.39. The van der Waals surface area contributed by atoms with E-state index in [2.05, 4.69) is 26.1 Å². The third-order valence-corrected chi connectivity index (χ3v) is 2.88. The van der Waals surface area contributed by atoms with Crippen LogP contribution in [0.1, 0.15) is 26.3 Å². The van der Waals surface area contributed by atoms with Gasteiger partial charge in [0.15, 0.2) is 0 Å². The molecule has 0 aliphatic carbocycles. The normalized spacial score (nSPS) is 13.1. The van der Waals surface area contributed by atoms with Gasteiger partial charge in [-0.2, -0.15) is 0 Å². The van der Waals surface area contributed by atoms with Crippen molar-refractivity contribution in [3.05, 3.63) is 35.4 Å². The Morgan fingerprint density at radius 3 is 2.44 bits per heavy atom. The van der Waals surface area contributed by atoms with Gasteiger partial charge in [-0.1, -0.05) is 19.9 Å². The molecule has 0 heterocycles. The van der Waals surface area contributed by atoms with Crippen LogP contribution in [0.5, 0.6) is 0 Å². The average Bonchev–Trinajstić information content (AvgIpc) is 2.20. The van der Waals surface area contributed by atoms with Crippen LogP contribution in [-0.4, -0.2) is 12.6 Å². The van der Waals surface area contributed by atoms with Gasteiger partial charge in [0.25, 0.3) is 0 Å².